The summed E-state index contributed by atoms with van der Waals surface area (Å²) in [6.45, 7) is 0. The minimum atomic E-state index is 0.514. The highest BCUT2D eigenvalue weighted by molar-refractivity contribution is 6.33. The molecule has 0 saturated heterocycles. The first-order chi connectivity index (χ1) is 8.26. The van der Waals surface area contributed by atoms with E-state index in [2.05, 4.69) is 4.98 Å². The summed E-state index contributed by atoms with van der Waals surface area (Å²) in [6, 6.07) is 10.9. The van der Waals surface area contributed by atoms with Crippen LogP contribution in [-0.2, 0) is 0 Å². The first kappa shape index (κ1) is 11.4. The molecule has 0 saturated carbocycles. The molecule has 17 heavy (non-hydrogen) atoms. The van der Waals surface area contributed by atoms with Gasteiger partial charge in [0.2, 0.25) is 0 Å². The van der Waals surface area contributed by atoms with E-state index in [9.17, 15) is 0 Å². The fourth-order valence-corrected chi connectivity index (χ4v) is 1.79. The number of ether oxygens (including phenoxy) is 1. The van der Waals surface area contributed by atoms with Crippen LogP contribution in [0.4, 0.5) is 0 Å². The lowest BCUT2D eigenvalue weighted by atomic mass is 10.1. The maximum absolute atomic E-state index is 8.71. The van der Waals surface area contributed by atoms with E-state index in [1.807, 2.05) is 18.2 Å². The summed E-state index contributed by atoms with van der Waals surface area (Å²) >= 11 is 6.13. The van der Waals surface area contributed by atoms with Crippen LogP contribution in [0.15, 0.2) is 36.5 Å². The largest absolute Gasteiger partial charge is 0.496 e. The highest BCUT2D eigenvalue weighted by atomic mass is 35.5. The summed E-state index contributed by atoms with van der Waals surface area (Å²) in [4.78, 5) is 4.20. The van der Waals surface area contributed by atoms with Crippen molar-refractivity contribution >= 4 is 11.6 Å². The zero-order valence-corrected chi connectivity index (χ0v) is 9.90. The zero-order valence-electron chi connectivity index (χ0n) is 9.14. The smallest absolute Gasteiger partial charge is 0.129 e. The third-order valence-electron chi connectivity index (χ3n) is 2.34. The second-order valence-electron chi connectivity index (χ2n) is 3.36. The van der Waals surface area contributed by atoms with Crippen LogP contribution in [0.3, 0.4) is 0 Å². The molecule has 1 aromatic carbocycles. The molecule has 3 nitrogen and oxygen atoms in total. The van der Waals surface area contributed by atoms with Gasteiger partial charge in [0, 0.05) is 6.20 Å². The van der Waals surface area contributed by atoms with Gasteiger partial charge in [-0.05, 0) is 24.3 Å². The van der Waals surface area contributed by atoms with Gasteiger partial charge in [0.25, 0.3) is 0 Å². The lowest BCUT2D eigenvalue weighted by Gasteiger charge is -2.09. The van der Waals surface area contributed by atoms with Crippen molar-refractivity contribution in [2.24, 2.45) is 0 Å². The van der Waals surface area contributed by atoms with Crippen LogP contribution in [0.1, 0.15) is 5.56 Å². The van der Waals surface area contributed by atoms with E-state index in [-0.39, 0.29) is 0 Å². The van der Waals surface area contributed by atoms with E-state index in [4.69, 9.17) is 21.6 Å². The number of halogens is 1. The fraction of sp³-hybridized carbons (Fsp3) is 0.0769. The lowest BCUT2D eigenvalue weighted by molar-refractivity contribution is 0.416. The summed E-state index contributed by atoms with van der Waals surface area (Å²) in [6.07, 6.45) is 1.51. The van der Waals surface area contributed by atoms with Crippen LogP contribution < -0.4 is 4.74 Å². The van der Waals surface area contributed by atoms with Crippen LogP contribution in [-0.4, -0.2) is 12.1 Å². The Bertz CT molecular complexity index is 573. The van der Waals surface area contributed by atoms with Gasteiger partial charge in [-0.15, -0.1) is 0 Å². The number of hydrogen-bond donors (Lipinski definition) is 0. The third kappa shape index (κ3) is 2.22. The summed E-state index contributed by atoms with van der Waals surface area (Å²) < 4.78 is 5.25. The average molecular weight is 245 g/mol. The molecule has 0 unspecified atom stereocenters. The second kappa shape index (κ2) is 4.86. The number of methoxy groups -OCH3 is 1. The van der Waals surface area contributed by atoms with E-state index in [0.717, 1.165) is 5.56 Å². The average Bonchev–Trinajstić information content (AvgIpc) is 2.38. The third-order valence-corrected chi connectivity index (χ3v) is 2.66. The van der Waals surface area contributed by atoms with Crippen molar-refractivity contribution in [2.75, 3.05) is 7.11 Å². The van der Waals surface area contributed by atoms with Crippen molar-refractivity contribution < 1.29 is 4.74 Å². The first-order valence-electron chi connectivity index (χ1n) is 4.95. The highest BCUT2D eigenvalue weighted by Gasteiger charge is 2.11. The number of hydrogen-bond acceptors (Lipinski definition) is 3. The maximum atomic E-state index is 8.71. The predicted octanol–water partition coefficient (Wildman–Crippen LogP) is 3.28. The molecule has 2 rings (SSSR count). The number of pyridine rings is 1. The van der Waals surface area contributed by atoms with Crippen LogP contribution in [0, 0.1) is 11.3 Å². The molecule has 0 spiro atoms. The van der Waals surface area contributed by atoms with E-state index in [0.29, 0.717) is 22.0 Å². The predicted molar refractivity (Wildman–Crippen MR) is 66.0 cm³/mol. The van der Waals surface area contributed by atoms with Crippen molar-refractivity contribution in [3.8, 4) is 23.1 Å². The molecule has 1 heterocycles. The maximum Gasteiger partial charge on any atom is 0.129 e. The molecule has 1 aromatic heterocycles. The lowest BCUT2D eigenvalue weighted by Crippen LogP contribution is -1.91. The molecule has 0 aliphatic rings. The first-order valence-corrected chi connectivity index (χ1v) is 5.33. The van der Waals surface area contributed by atoms with Gasteiger partial charge in [0.15, 0.2) is 0 Å². The van der Waals surface area contributed by atoms with Crippen LogP contribution in [0.25, 0.3) is 11.3 Å². The summed E-state index contributed by atoms with van der Waals surface area (Å²) in [5.74, 6) is 0.662. The quantitative estimate of drug-likeness (QED) is 0.814. The van der Waals surface area contributed by atoms with Crippen molar-refractivity contribution in [1.29, 1.82) is 5.26 Å². The minimum absolute atomic E-state index is 0.514. The Morgan fingerprint density at radius 2 is 2.12 bits per heavy atom. The van der Waals surface area contributed by atoms with Gasteiger partial charge in [-0.2, -0.15) is 5.26 Å². The molecular formula is C13H9ClN2O. The van der Waals surface area contributed by atoms with Gasteiger partial charge in [0.05, 0.1) is 29.0 Å². The van der Waals surface area contributed by atoms with Crippen LogP contribution >= 0.6 is 11.6 Å². The summed E-state index contributed by atoms with van der Waals surface area (Å²) in [5, 5.41) is 9.28. The number of aromatic nitrogens is 1. The van der Waals surface area contributed by atoms with E-state index in [1.165, 1.54) is 6.20 Å². The molecule has 0 aliphatic heterocycles. The van der Waals surface area contributed by atoms with E-state index < -0.39 is 0 Å². The SMILES string of the molecule is COc1cccc(Cl)c1-c1ccc(C#N)cn1. The molecular weight excluding hydrogens is 236 g/mol. The number of benzene rings is 1. The van der Waals surface area contributed by atoms with Crippen molar-refractivity contribution in [3.05, 3.63) is 47.1 Å². The number of nitrogens with zero attached hydrogens (tertiary/aromatic N) is 2. The van der Waals surface area contributed by atoms with Crippen molar-refractivity contribution in [1.82, 2.24) is 4.98 Å². The van der Waals surface area contributed by atoms with Gasteiger partial charge in [-0.3, -0.25) is 4.98 Å². The number of nitriles is 1. The summed E-state index contributed by atoms with van der Waals surface area (Å²) in [7, 11) is 1.58. The fourth-order valence-electron chi connectivity index (χ4n) is 1.53. The van der Waals surface area contributed by atoms with E-state index in [1.54, 1.807) is 25.3 Å². The standard InChI is InChI=1S/C13H9ClN2O/c1-17-12-4-2-3-10(14)13(12)11-6-5-9(7-15)8-16-11/h2-6,8H,1H3. The van der Waals surface area contributed by atoms with Gasteiger partial charge in [0.1, 0.15) is 11.8 Å². The monoisotopic (exact) mass is 244 g/mol. The Kier molecular flexibility index (Phi) is 3.27. The van der Waals surface area contributed by atoms with Gasteiger partial charge in [-0.1, -0.05) is 17.7 Å². The molecule has 0 N–H and O–H groups in total. The minimum Gasteiger partial charge on any atom is -0.496 e. The molecule has 2 aromatic rings. The highest BCUT2D eigenvalue weighted by Crippen LogP contribution is 2.34. The van der Waals surface area contributed by atoms with Crippen LogP contribution in [0.2, 0.25) is 5.02 Å². The molecule has 84 valence electrons. The van der Waals surface area contributed by atoms with Gasteiger partial charge >= 0.3 is 0 Å². The second-order valence-corrected chi connectivity index (χ2v) is 3.77. The molecule has 0 fully saturated rings. The molecule has 0 bridgehead atoms. The van der Waals surface area contributed by atoms with Gasteiger partial charge in [-0.25, -0.2) is 0 Å². The normalized spacial score (nSPS) is 9.71. The van der Waals surface area contributed by atoms with Crippen molar-refractivity contribution in [2.45, 2.75) is 0 Å². The molecule has 0 amide bonds. The zero-order chi connectivity index (χ0) is 12.3. The topological polar surface area (TPSA) is 45.9 Å². The number of rotatable bonds is 2. The van der Waals surface area contributed by atoms with E-state index >= 15 is 0 Å². The molecule has 0 atom stereocenters. The Hall–Kier alpha value is -2.05. The Balaban J connectivity index is 2.56. The van der Waals surface area contributed by atoms with Gasteiger partial charge < -0.3 is 4.74 Å². The Morgan fingerprint density at radius 3 is 2.71 bits per heavy atom. The van der Waals surface area contributed by atoms with Crippen LogP contribution in [0.5, 0.6) is 5.75 Å². The Morgan fingerprint density at radius 1 is 1.29 bits per heavy atom. The molecule has 4 heteroatoms. The molecule has 0 aliphatic carbocycles. The summed E-state index contributed by atoms with van der Waals surface area (Å²) in [5.41, 5.74) is 1.94. The Labute approximate surface area is 104 Å². The molecule has 0 radical (unpaired) electrons. The van der Waals surface area contributed by atoms with Crippen molar-refractivity contribution in [3.63, 3.8) is 0 Å².